The van der Waals surface area contributed by atoms with Crippen LogP contribution in [0.5, 0.6) is 0 Å². The molecule has 0 aromatic carbocycles. The molecule has 3 fully saturated rings. The van der Waals surface area contributed by atoms with Crippen LogP contribution in [0.3, 0.4) is 0 Å². The normalized spacial score (nSPS) is 44.8. The summed E-state index contributed by atoms with van der Waals surface area (Å²) >= 11 is 0. The van der Waals surface area contributed by atoms with E-state index in [1.165, 1.54) is 18.7 Å². The number of Topliss-reactive ketones (excluding diaryl/α,β-unsaturated/α-hetero) is 1. The minimum absolute atomic E-state index is 0.0597. The lowest BCUT2D eigenvalue weighted by atomic mass is 9.33. The topological polar surface area (TPSA) is 133 Å². The lowest BCUT2D eigenvalue weighted by Crippen LogP contribution is -2.74. The summed E-state index contributed by atoms with van der Waals surface area (Å²) in [7, 11) is 0. The molecule has 0 unspecified atom stereocenters. The Morgan fingerprint density at radius 3 is 2.28 bits per heavy atom. The molecule has 0 aliphatic heterocycles. The van der Waals surface area contributed by atoms with Crippen LogP contribution >= 0.6 is 0 Å². The monoisotopic (exact) mass is 584 g/mol. The van der Waals surface area contributed by atoms with Gasteiger partial charge in [0, 0.05) is 40.1 Å². The smallest absolute Gasteiger partial charge is 0.254 e. The Bertz CT molecular complexity index is 1540. The molecule has 0 spiro atoms. The molecule has 1 aromatic rings. The Hall–Kier alpha value is -3.18. The number of rotatable bonds is 2. The fraction of sp³-hybridized carbons (Fsp3) is 0.657. The summed E-state index contributed by atoms with van der Waals surface area (Å²) in [6, 6.07) is 2.15. The second kappa shape index (κ2) is 8.94. The second-order valence-corrected chi connectivity index (χ2v) is 16.0. The van der Waals surface area contributed by atoms with Crippen LogP contribution in [0.4, 0.5) is 0 Å². The summed E-state index contributed by atoms with van der Waals surface area (Å²) in [5, 5.41) is 26.2. The first-order valence-electron chi connectivity index (χ1n) is 15.7. The van der Waals surface area contributed by atoms with Gasteiger partial charge in [-0.1, -0.05) is 47.6 Å². The van der Waals surface area contributed by atoms with Crippen molar-refractivity contribution in [1.29, 1.82) is 5.26 Å². The number of aromatic nitrogens is 2. The fourth-order valence-corrected chi connectivity index (χ4v) is 10.6. The van der Waals surface area contributed by atoms with Gasteiger partial charge in [-0.05, 0) is 80.3 Å². The van der Waals surface area contributed by atoms with Crippen LogP contribution in [0.2, 0.25) is 0 Å². The number of hydrogen-bond acceptors (Lipinski definition) is 7. The van der Waals surface area contributed by atoms with Crippen molar-refractivity contribution in [2.24, 2.45) is 38.9 Å². The van der Waals surface area contributed by atoms with Gasteiger partial charge in [0.15, 0.2) is 11.6 Å². The van der Waals surface area contributed by atoms with Crippen LogP contribution in [0.15, 0.2) is 42.0 Å². The quantitative estimate of drug-likeness (QED) is 0.482. The number of carbonyl (C=O) groups is 3. The van der Waals surface area contributed by atoms with E-state index in [2.05, 4.69) is 49.0 Å². The van der Waals surface area contributed by atoms with Gasteiger partial charge in [-0.2, -0.15) is 5.26 Å². The van der Waals surface area contributed by atoms with Crippen molar-refractivity contribution in [2.45, 2.75) is 105 Å². The molecule has 5 aliphatic carbocycles. The average molecular weight is 585 g/mol. The van der Waals surface area contributed by atoms with Crippen molar-refractivity contribution >= 4 is 17.5 Å². The van der Waals surface area contributed by atoms with Gasteiger partial charge in [0.2, 0.25) is 0 Å². The highest BCUT2D eigenvalue weighted by atomic mass is 16.3. The highest BCUT2D eigenvalue weighted by Crippen LogP contribution is 2.75. The third-order valence-corrected chi connectivity index (χ3v) is 13.5. The molecule has 0 bridgehead atoms. The van der Waals surface area contributed by atoms with Crippen LogP contribution in [-0.2, 0) is 9.59 Å². The maximum absolute atomic E-state index is 14.6. The number of ketones is 2. The summed E-state index contributed by atoms with van der Waals surface area (Å²) in [5.41, 5.74) is -3.76. The molecular weight excluding hydrogens is 540 g/mol. The van der Waals surface area contributed by atoms with Crippen molar-refractivity contribution in [1.82, 2.24) is 15.3 Å². The van der Waals surface area contributed by atoms with E-state index in [1.54, 1.807) is 6.08 Å². The SMILES string of the molecule is CC1(C)C(=O)C(C#N)=C[C@]2(C)C3=CC(=O)[C@]4(O)[C@@H]5C[C@@](C)(NC(=O)c6cncnc6)CC[C@]5(C)CC[C@@]4(C)[C@]3(C)CC[C@@H]12. The maximum Gasteiger partial charge on any atom is 0.254 e. The second-order valence-electron chi connectivity index (χ2n) is 16.0. The first kappa shape index (κ1) is 29.9. The summed E-state index contributed by atoms with van der Waals surface area (Å²) in [4.78, 5) is 49.1. The van der Waals surface area contributed by atoms with E-state index in [4.69, 9.17) is 0 Å². The molecule has 0 radical (unpaired) electrons. The predicted molar refractivity (Wildman–Crippen MR) is 160 cm³/mol. The van der Waals surface area contributed by atoms with Crippen molar-refractivity contribution in [3.05, 3.63) is 47.6 Å². The van der Waals surface area contributed by atoms with E-state index in [0.717, 1.165) is 37.7 Å². The molecule has 6 rings (SSSR count). The number of hydrogen-bond donors (Lipinski definition) is 2. The number of allylic oxidation sites excluding steroid dienone is 3. The molecule has 1 heterocycles. The average Bonchev–Trinajstić information content (AvgIpc) is 2.96. The predicted octanol–water partition coefficient (Wildman–Crippen LogP) is 5.29. The lowest BCUT2D eigenvalue weighted by molar-refractivity contribution is -0.240. The third kappa shape index (κ3) is 3.67. The first-order chi connectivity index (χ1) is 19.9. The minimum Gasteiger partial charge on any atom is -0.381 e. The van der Waals surface area contributed by atoms with Crippen molar-refractivity contribution < 1.29 is 19.5 Å². The highest BCUT2D eigenvalue weighted by molar-refractivity contribution is 6.05. The lowest BCUT2D eigenvalue weighted by Gasteiger charge is -2.71. The van der Waals surface area contributed by atoms with Crippen molar-refractivity contribution in [3.8, 4) is 6.07 Å². The molecule has 5 aliphatic rings. The van der Waals surface area contributed by atoms with Crippen LogP contribution < -0.4 is 5.32 Å². The molecule has 43 heavy (non-hydrogen) atoms. The Balaban J connectivity index is 1.45. The number of amides is 1. The zero-order valence-corrected chi connectivity index (χ0v) is 26.5. The van der Waals surface area contributed by atoms with Gasteiger partial charge in [-0.15, -0.1) is 0 Å². The zero-order valence-electron chi connectivity index (χ0n) is 26.5. The zero-order chi connectivity index (χ0) is 31.4. The van der Waals surface area contributed by atoms with Crippen LogP contribution in [0.25, 0.3) is 0 Å². The van der Waals surface area contributed by atoms with Crippen LogP contribution in [0, 0.1) is 50.2 Å². The summed E-state index contributed by atoms with van der Waals surface area (Å²) in [6.45, 7) is 14.5. The van der Waals surface area contributed by atoms with E-state index >= 15 is 0 Å². The van der Waals surface area contributed by atoms with Gasteiger partial charge < -0.3 is 10.4 Å². The molecule has 0 saturated heterocycles. The molecule has 1 amide bonds. The van der Waals surface area contributed by atoms with Gasteiger partial charge in [-0.25, -0.2) is 9.97 Å². The van der Waals surface area contributed by atoms with E-state index < -0.39 is 32.8 Å². The van der Waals surface area contributed by atoms with Crippen molar-refractivity contribution in [3.63, 3.8) is 0 Å². The van der Waals surface area contributed by atoms with E-state index in [0.29, 0.717) is 18.4 Å². The Kier molecular flexibility index (Phi) is 6.21. The summed E-state index contributed by atoms with van der Waals surface area (Å²) in [5.74, 6) is -1.11. The number of carbonyl (C=O) groups excluding carboxylic acids is 3. The Morgan fingerprint density at radius 1 is 0.977 bits per heavy atom. The van der Waals surface area contributed by atoms with Gasteiger partial charge in [0.1, 0.15) is 18.0 Å². The number of aliphatic hydroxyl groups is 1. The van der Waals surface area contributed by atoms with Gasteiger partial charge in [0.05, 0.1) is 11.1 Å². The molecule has 228 valence electrons. The molecule has 2 N–H and O–H groups in total. The van der Waals surface area contributed by atoms with Gasteiger partial charge in [0.25, 0.3) is 5.91 Å². The number of nitrogens with one attached hydrogen (secondary N) is 1. The van der Waals surface area contributed by atoms with Crippen molar-refractivity contribution in [2.75, 3.05) is 0 Å². The molecule has 8 heteroatoms. The first-order valence-corrected chi connectivity index (χ1v) is 15.7. The highest BCUT2D eigenvalue weighted by Gasteiger charge is 2.75. The Labute approximate surface area is 254 Å². The third-order valence-electron chi connectivity index (χ3n) is 13.5. The van der Waals surface area contributed by atoms with Crippen LogP contribution in [-0.4, -0.2) is 43.7 Å². The Morgan fingerprint density at radius 2 is 1.63 bits per heavy atom. The number of nitriles is 1. The fourth-order valence-electron chi connectivity index (χ4n) is 10.6. The summed E-state index contributed by atoms with van der Waals surface area (Å²) < 4.78 is 0. The summed E-state index contributed by atoms with van der Waals surface area (Å²) in [6.07, 6.45) is 12.9. The molecule has 3 saturated carbocycles. The standard InChI is InChI=1S/C35H44N4O4/c1-29(2)23-8-9-33(6)24(32(23,5)15-21(17-36)27(29)41)14-26(40)35(43)25-16-31(4,39-28(42)22-18-37-20-38-19-22)12-10-30(25,3)11-13-34(33,35)7/h14-15,18-20,23,25,43H,8-13,16H2,1-7H3,(H,39,42)/t23-,25+,30+,31-,32-,33+,34-,35+/m0/s1. The van der Waals surface area contributed by atoms with Gasteiger partial charge in [-0.3, -0.25) is 14.4 Å². The van der Waals surface area contributed by atoms with Gasteiger partial charge >= 0.3 is 0 Å². The maximum atomic E-state index is 14.6. The van der Waals surface area contributed by atoms with E-state index in [9.17, 15) is 24.8 Å². The number of nitrogens with zero attached hydrogens (tertiary/aromatic N) is 3. The van der Waals surface area contributed by atoms with Crippen LogP contribution in [0.1, 0.15) is 104 Å². The molecular formula is C35H44N4O4. The minimum atomic E-state index is -1.63. The molecule has 8 nitrogen and oxygen atoms in total. The van der Waals surface area contributed by atoms with E-state index in [1.807, 2.05) is 26.8 Å². The molecule has 8 atom stereocenters. The number of fused-ring (bicyclic) bond motifs is 7. The van der Waals surface area contributed by atoms with E-state index in [-0.39, 0.29) is 40.3 Å². The molecule has 1 aromatic heterocycles. The largest absolute Gasteiger partial charge is 0.381 e.